The third-order valence-electron chi connectivity index (χ3n) is 5.19. The number of para-hydroxylation sites is 1. The van der Waals surface area contributed by atoms with E-state index in [0.29, 0.717) is 12.4 Å². The summed E-state index contributed by atoms with van der Waals surface area (Å²) in [5.74, 6) is 0.674. The third kappa shape index (κ3) is 4.34. The molecule has 0 radical (unpaired) electrons. The zero-order chi connectivity index (χ0) is 21.8. The molecule has 0 bridgehead atoms. The highest BCUT2D eigenvalue weighted by atomic mass is 16.6. The molecule has 1 heterocycles. The second-order valence-electron chi connectivity index (χ2n) is 7.39. The Morgan fingerprint density at radius 2 is 1.77 bits per heavy atom. The predicted molar refractivity (Wildman–Crippen MR) is 117 cm³/mol. The van der Waals surface area contributed by atoms with Crippen LogP contribution in [0.2, 0.25) is 0 Å². The summed E-state index contributed by atoms with van der Waals surface area (Å²) in [6, 6.07) is 24.4. The van der Waals surface area contributed by atoms with Crippen LogP contribution in [0.3, 0.4) is 0 Å². The van der Waals surface area contributed by atoms with E-state index in [2.05, 4.69) is 20.4 Å². The molecule has 156 valence electrons. The van der Waals surface area contributed by atoms with Crippen LogP contribution in [0.5, 0.6) is 0 Å². The summed E-state index contributed by atoms with van der Waals surface area (Å²) in [4.78, 5) is 12.9. The summed E-state index contributed by atoms with van der Waals surface area (Å²) in [5.41, 5.74) is 3.91. The van der Waals surface area contributed by atoms with Crippen LogP contribution in [-0.4, -0.2) is 37.1 Å². The van der Waals surface area contributed by atoms with E-state index in [-0.39, 0.29) is 16.7 Å². The highest BCUT2D eigenvalue weighted by molar-refractivity contribution is 5.41. The van der Waals surface area contributed by atoms with Gasteiger partial charge in [-0.2, -0.15) is 4.68 Å². The van der Waals surface area contributed by atoms with Gasteiger partial charge in [-0.1, -0.05) is 60.7 Å². The lowest BCUT2D eigenvalue weighted by atomic mass is 10.0. The van der Waals surface area contributed by atoms with Gasteiger partial charge in [-0.3, -0.25) is 15.0 Å². The van der Waals surface area contributed by atoms with E-state index in [0.717, 1.165) is 22.4 Å². The number of nitro groups is 1. The van der Waals surface area contributed by atoms with Crippen molar-refractivity contribution in [1.29, 1.82) is 0 Å². The number of aryl methyl sites for hydroxylation is 1. The molecule has 0 fully saturated rings. The maximum Gasteiger partial charge on any atom is 0.269 e. The minimum atomic E-state index is -0.378. The minimum absolute atomic E-state index is 0.0758. The molecule has 0 N–H and O–H groups in total. The lowest BCUT2D eigenvalue weighted by Crippen LogP contribution is -2.28. The first kappa shape index (κ1) is 20.4. The summed E-state index contributed by atoms with van der Waals surface area (Å²) in [6.07, 6.45) is 0. The lowest BCUT2D eigenvalue weighted by Gasteiger charge is -2.28. The molecule has 8 heteroatoms. The Bertz CT molecular complexity index is 1190. The van der Waals surface area contributed by atoms with Gasteiger partial charge in [-0.25, -0.2) is 0 Å². The smallest absolute Gasteiger partial charge is 0.269 e. The van der Waals surface area contributed by atoms with Crippen molar-refractivity contribution in [2.45, 2.75) is 19.5 Å². The summed E-state index contributed by atoms with van der Waals surface area (Å²) >= 11 is 0. The predicted octanol–water partition coefficient (Wildman–Crippen LogP) is 4.10. The van der Waals surface area contributed by atoms with E-state index >= 15 is 0 Å². The average Bonchev–Trinajstić information content (AvgIpc) is 3.24. The molecule has 1 atom stereocenters. The maximum atomic E-state index is 11.2. The van der Waals surface area contributed by atoms with Gasteiger partial charge in [-0.15, -0.1) is 5.10 Å². The van der Waals surface area contributed by atoms with Crippen molar-refractivity contribution in [2.24, 2.45) is 0 Å². The first-order valence-corrected chi connectivity index (χ1v) is 9.87. The van der Waals surface area contributed by atoms with E-state index in [1.807, 2.05) is 74.6 Å². The van der Waals surface area contributed by atoms with Crippen LogP contribution in [0, 0.1) is 17.0 Å². The Morgan fingerprint density at radius 1 is 1.03 bits per heavy atom. The van der Waals surface area contributed by atoms with Gasteiger partial charge in [0.2, 0.25) is 0 Å². The number of benzene rings is 3. The fourth-order valence-corrected chi connectivity index (χ4v) is 3.72. The number of rotatable bonds is 7. The second-order valence-corrected chi connectivity index (χ2v) is 7.39. The molecule has 0 aliphatic rings. The third-order valence-corrected chi connectivity index (χ3v) is 5.19. The van der Waals surface area contributed by atoms with Crippen molar-refractivity contribution in [3.63, 3.8) is 0 Å². The molecule has 0 amide bonds. The number of nitrogens with zero attached hydrogens (tertiary/aromatic N) is 6. The Morgan fingerprint density at radius 3 is 2.52 bits per heavy atom. The van der Waals surface area contributed by atoms with Gasteiger partial charge in [0.05, 0.1) is 16.7 Å². The fourth-order valence-electron chi connectivity index (χ4n) is 3.72. The number of hydrogen-bond donors (Lipinski definition) is 0. The number of non-ortho nitro benzene ring substituents is 1. The average molecular weight is 414 g/mol. The standard InChI is InChI=1S/C23H22N6O2/c1-17-9-6-7-14-21(17)28-23(24-25-26-28)22(19-11-4-3-5-12-19)27(2)16-18-10-8-13-20(15-18)29(30)31/h3-15,22H,16H2,1-2H3/t22-/m1/s1. The van der Waals surface area contributed by atoms with Crippen LogP contribution in [0.15, 0.2) is 78.9 Å². The summed E-state index contributed by atoms with van der Waals surface area (Å²) < 4.78 is 1.76. The number of tetrazole rings is 1. The van der Waals surface area contributed by atoms with Gasteiger partial charge in [0.15, 0.2) is 5.82 Å². The van der Waals surface area contributed by atoms with Gasteiger partial charge in [0, 0.05) is 18.7 Å². The van der Waals surface area contributed by atoms with Crippen LogP contribution in [0.25, 0.3) is 5.69 Å². The molecule has 0 saturated carbocycles. The zero-order valence-electron chi connectivity index (χ0n) is 17.3. The van der Waals surface area contributed by atoms with E-state index < -0.39 is 0 Å². The van der Waals surface area contributed by atoms with Gasteiger partial charge in [-0.05, 0) is 47.2 Å². The van der Waals surface area contributed by atoms with Gasteiger partial charge >= 0.3 is 0 Å². The first-order valence-electron chi connectivity index (χ1n) is 9.87. The quantitative estimate of drug-likeness (QED) is 0.334. The molecule has 8 nitrogen and oxygen atoms in total. The Kier molecular flexibility index (Phi) is 5.81. The largest absolute Gasteiger partial charge is 0.288 e. The monoisotopic (exact) mass is 414 g/mol. The number of hydrogen-bond acceptors (Lipinski definition) is 6. The fraction of sp³-hybridized carbons (Fsp3) is 0.174. The molecular weight excluding hydrogens is 392 g/mol. The number of aromatic nitrogens is 4. The van der Waals surface area contributed by atoms with Crippen molar-refractivity contribution >= 4 is 5.69 Å². The normalized spacial score (nSPS) is 12.1. The highest BCUT2D eigenvalue weighted by Crippen LogP contribution is 2.29. The van der Waals surface area contributed by atoms with Crippen LogP contribution in [-0.2, 0) is 6.54 Å². The SMILES string of the molecule is Cc1ccccc1-n1nnnc1[C@@H](c1ccccc1)N(C)Cc1cccc([N+](=O)[O-])c1. The van der Waals surface area contributed by atoms with Crippen LogP contribution < -0.4 is 0 Å². The molecule has 1 aromatic heterocycles. The van der Waals surface area contributed by atoms with Crippen molar-refractivity contribution in [1.82, 2.24) is 25.1 Å². The maximum absolute atomic E-state index is 11.2. The van der Waals surface area contributed by atoms with Crippen molar-refractivity contribution < 1.29 is 4.92 Å². The molecule has 0 spiro atoms. The van der Waals surface area contributed by atoms with E-state index in [4.69, 9.17) is 0 Å². The van der Waals surface area contributed by atoms with Crippen LogP contribution in [0.1, 0.15) is 28.6 Å². The molecule has 4 rings (SSSR count). The molecule has 4 aromatic rings. The van der Waals surface area contributed by atoms with Crippen molar-refractivity contribution in [3.8, 4) is 5.69 Å². The first-order chi connectivity index (χ1) is 15.0. The minimum Gasteiger partial charge on any atom is -0.288 e. The molecule has 0 aliphatic heterocycles. The van der Waals surface area contributed by atoms with Crippen molar-refractivity contribution in [2.75, 3.05) is 7.05 Å². The van der Waals surface area contributed by atoms with Crippen molar-refractivity contribution in [3.05, 3.63) is 111 Å². The summed E-state index contributed by atoms with van der Waals surface area (Å²) in [7, 11) is 1.97. The van der Waals surface area contributed by atoms with Gasteiger partial charge in [0.25, 0.3) is 5.69 Å². The molecular formula is C23H22N6O2. The second kappa shape index (κ2) is 8.85. The molecule has 0 unspecified atom stereocenters. The Hall–Kier alpha value is -3.91. The topological polar surface area (TPSA) is 90.0 Å². The van der Waals surface area contributed by atoms with Gasteiger partial charge < -0.3 is 0 Å². The zero-order valence-corrected chi connectivity index (χ0v) is 17.3. The summed E-state index contributed by atoms with van der Waals surface area (Å²) in [5, 5.41) is 23.8. The lowest BCUT2D eigenvalue weighted by molar-refractivity contribution is -0.384. The summed E-state index contributed by atoms with van der Waals surface area (Å²) in [6.45, 7) is 2.51. The Labute approximate surface area is 179 Å². The van der Waals surface area contributed by atoms with Gasteiger partial charge in [0.1, 0.15) is 0 Å². The molecule has 31 heavy (non-hydrogen) atoms. The highest BCUT2D eigenvalue weighted by Gasteiger charge is 2.27. The van der Waals surface area contributed by atoms with Crippen LogP contribution >= 0.6 is 0 Å². The Balaban J connectivity index is 1.75. The van der Waals surface area contributed by atoms with Crippen LogP contribution in [0.4, 0.5) is 5.69 Å². The molecule has 0 saturated heterocycles. The molecule has 3 aromatic carbocycles. The molecule has 0 aliphatic carbocycles. The van der Waals surface area contributed by atoms with E-state index in [9.17, 15) is 10.1 Å². The van der Waals surface area contributed by atoms with E-state index in [1.165, 1.54) is 6.07 Å². The number of nitro benzene ring substituents is 1. The van der Waals surface area contributed by atoms with E-state index in [1.54, 1.807) is 16.8 Å².